The summed E-state index contributed by atoms with van der Waals surface area (Å²) in [6.45, 7) is 6.01. The van der Waals surface area contributed by atoms with Gasteiger partial charge in [0.1, 0.15) is 5.60 Å². The second-order valence-electron chi connectivity index (χ2n) is 6.62. The number of amides is 1. The van der Waals surface area contributed by atoms with Gasteiger partial charge in [0.05, 0.1) is 0 Å². The second-order valence-corrected chi connectivity index (χ2v) is 8.30. The van der Waals surface area contributed by atoms with E-state index < -0.39 is 33.8 Å². The van der Waals surface area contributed by atoms with Crippen LogP contribution in [-0.2, 0) is 14.8 Å². The maximum atomic E-state index is 12.4. The molecule has 1 spiro atoms. The third-order valence-corrected chi connectivity index (χ3v) is 4.59. The number of carbonyl (C=O) groups is 1. The van der Waals surface area contributed by atoms with E-state index in [4.69, 9.17) is 4.74 Å². The first-order chi connectivity index (χ1) is 9.07. The monoisotopic (exact) mass is 308 g/mol. The number of likely N-dealkylation sites (tertiary alicyclic amines) is 1. The SMILES string of the molecule is CC(C)(C)OC(=O)N1CC(NS(=O)(=O)CF)C2(CC2)C1. The zero-order valence-corrected chi connectivity index (χ0v) is 12.8. The molecule has 0 aromatic rings. The number of carbonyl (C=O) groups excluding carboxylic acids is 1. The van der Waals surface area contributed by atoms with Crippen LogP contribution in [0.15, 0.2) is 0 Å². The zero-order chi connectivity index (χ0) is 15.2. The topological polar surface area (TPSA) is 75.7 Å². The van der Waals surface area contributed by atoms with Crippen molar-refractivity contribution in [1.29, 1.82) is 0 Å². The van der Waals surface area contributed by atoms with Gasteiger partial charge < -0.3 is 9.64 Å². The fourth-order valence-corrected chi connectivity index (χ4v) is 3.33. The molecule has 1 aliphatic carbocycles. The molecule has 0 bridgehead atoms. The van der Waals surface area contributed by atoms with Crippen molar-refractivity contribution in [3.63, 3.8) is 0 Å². The lowest BCUT2D eigenvalue weighted by Crippen LogP contribution is -2.42. The Morgan fingerprint density at radius 1 is 1.45 bits per heavy atom. The lowest BCUT2D eigenvalue weighted by Gasteiger charge is -2.24. The van der Waals surface area contributed by atoms with Crippen molar-refractivity contribution in [2.45, 2.75) is 45.3 Å². The van der Waals surface area contributed by atoms with Gasteiger partial charge in [-0.1, -0.05) is 0 Å². The van der Waals surface area contributed by atoms with Crippen LogP contribution in [-0.4, -0.2) is 50.1 Å². The molecule has 0 aromatic heterocycles. The van der Waals surface area contributed by atoms with E-state index in [0.29, 0.717) is 6.54 Å². The van der Waals surface area contributed by atoms with Crippen LogP contribution in [0.1, 0.15) is 33.6 Å². The van der Waals surface area contributed by atoms with Crippen molar-refractivity contribution >= 4 is 16.1 Å². The number of alkyl halides is 1. The normalized spacial score (nSPS) is 25.0. The molecule has 1 N–H and O–H groups in total. The zero-order valence-electron chi connectivity index (χ0n) is 12.0. The lowest BCUT2D eigenvalue weighted by atomic mass is 10.0. The van der Waals surface area contributed by atoms with Crippen LogP contribution in [0.2, 0.25) is 0 Å². The van der Waals surface area contributed by atoms with Crippen LogP contribution in [0.25, 0.3) is 0 Å². The van der Waals surface area contributed by atoms with Crippen LogP contribution in [0.4, 0.5) is 9.18 Å². The number of halogens is 1. The average Bonchev–Trinajstić information content (AvgIpc) is 2.96. The minimum Gasteiger partial charge on any atom is -0.444 e. The maximum Gasteiger partial charge on any atom is 0.410 e. The van der Waals surface area contributed by atoms with Crippen LogP contribution in [0.3, 0.4) is 0 Å². The number of nitrogens with zero attached hydrogens (tertiary/aromatic N) is 1. The standard InChI is InChI=1S/C12H21FN2O4S/c1-11(2,3)19-10(16)15-6-9(12(7-15)4-5-12)14-20(17,18)8-13/h9,14H,4-8H2,1-3H3. The maximum absolute atomic E-state index is 12.4. The number of hydrogen-bond acceptors (Lipinski definition) is 4. The smallest absolute Gasteiger partial charge is 0.410 e. The molecule has 6 nitrogen and oxygen atoms in total. The Balaban J connectivity index is 2.03. The van der Waals surface area contributed by atoms with E-state index in [0.717, 1.165) is 12.8 Å². The molecule has 0 radical (unpaired) electrons. The molecular weight excluding hydrogens is 287 g/mol. The van der Waals surface area contributed by atoms with Gasteiger partial charge in [-0.05, 0) is 33.6 Å². The first kappa shape index (κ1) is 15.5. The van der Waals surface area contributed by atoms with Crippen molar-refractivity contribution < 1.29 is 22.3 Å². The largest absolute Gasteiger partial charge is 0.444 e. The highest BCUT2D eigenvalue weighted by atomic mass is 32.2. The highest BCUT2D eigenvalue weighted by Crippen LogP contribution is 2.53. The summed E-state index contributed by atoms with van der Waals surface area (Å²) in [5.74, 6) is 0. The predicted octanol–water partition coefficient (Wildman–Crippen LogP) is 1.23. The van der Waals surface area contributed by atoms with Gasteiger partial charge in [0.15, 0.2) is 0 Å². The minimum atomic E-state index is -3.91. The van der Waals surface area contributed by atoms with E-state index in [2.05, 4.69) is 4.72 Å². The summed E-state index contributed by atoms with van der Waals surface area (Å²) >= 11 is 0. The summed E-state index contributed by atoms with van der Waals surface area (Å²) in [7, 11) is -3.91. The van der Waals surface area contributed by atoms with Crippen LogP contribution in [0, 0.1) is 5.41 Å². The van der Waals surface area contributed by atoms with E-state index in [1.807, 2.05) is 0 Å². The predicted molar refractivity (Wildman–Crippen MR) is 71.3 cm³/mol. The molecule has 1 heterocycles. The molecule has 116 valence electrons. The first-order valence-corrected chi connectivity index (χ1v) is 8.26. The van der Waals surface area contributed by atoms with Crippen LogP contribution < -0.4 is 4.72 Å². The summed E-state index contributed by atoms with van der Waals surface area (Å²) < 4.78 is 42.8. The molecule has 1 saturated heterocycles. The Bertz CT molecular complexity index is 496. The average molecular weight is 308 g/mol. The summed E-state index contributed by atoms with van der Waals surface area (Å²) in [5.41, 5.74) is -0.830. The minimum absolute atomic E-state index is 0.230. The fraction of sp³-hybridized carbons (Fsp3) is 0.917. The number of hydrogen-bond donors (Lipinski definition) is 1. The second kappa shape index (κ2) is 4.84. The number of rotatable bonds is 3. The summed E-state index contributed by atoms with van der Waals surface area (Å²) in [5, 5.41) is 0. The van der Waals surface area contributed by atoms with Gasteiger partial charge in [-0.3, -0.25) is 0 Å². The van der Waals surface area contributed by atoms with Crippen molar-refractivity contribution in [2.75, 3.05) is 19.1 Å². The Kier molecular flexibility index (Phi) is 3.75. The molecule has 8 heteroatoms. The van der Waals surface area contributed by atoms with Gasteiger partial charge in [-0.15, -0.1) is 0 Å². The molecule has 1 aliphatic heterocycles. The third kappa shape index (κ3) is 3.41. The molecular formula is C12H21FN2O4S. The third-order valence-electron chi connectivity index (χ3n) is 3.66. The number of sulfonamides is 1. The van der Waals surface area contributed by atoms with Crippen molar-refractivity contribution in [2.24, 2.45) is 5.41 Å². The van der Waals surface area contributed by atoms with E-state index in [9.17, 15) is 17.6 Å². The molecule has 2 fully saturated rings. The van der Waals surface area contributed by atoms with Gasteiger partial charge >= 0.3 is 6.09 Å². The van der Waals surface area contributed by atoms with Crippen LogP contribution in [0.5, 0.6) is 0 Å². The molecule has 1 amide bonds. The van der Waals surface area contributed by atoms with E-state index in [-0.39, 0.29) is 12.0 Å². The van der Waals surface area contributed by atoms with Crippen LogP contribution >= 0.6 is 0 Å². The molecule has 1 atom stereocenters. The van der Waals surface area contributed by atoms with E-state index in [1.165, 1.54) is 4.90 Å². The quantitative estimate of drug-likeness (QED) is 0.851. The summed E-state index contributed by atoms with van der Waals surface area (Å²) in [4.78, 5) is 13.5. The molecule has 2 aliphatic rings. The van der Waals surface area contributed by atoms with Gasteiger partial charge in [0, 0.05) is 24.5 Å². The summed E-state index contributed by atoms with van der Waals surface area (Å²) in [6, 6.07) is -1.86. The lowest BCUT2D eigenvalue weighted by molar-refractivity contribution is 0.0284. The van der Waals surface area contributed by atoms with Gasteiger partial charge in [-0.2, -0.15) is 0 Å². The number of ether oxygens (including phenoxy) is 1. The Labute approximate surface area is 118 Å². The highest BCUT2D eigenvalue weighted by molar-refractivity contribution is 7.89. The highest BCUT2D eigenvalue weighted by Gasteiger charge is 2.57. The first-order valence-electron chi connectivity index (χ1n) is 6.61. The van der Waals surface area contributed by atoms with Crippen molar-refractivity contribution in [1.82, 2.24) is 9.62 Å². The van der Waals surface area contributed by atoms with Gasteiger partial charge in [-0.25, -0.2) is 22.3 Å². The van der Waals surface area contributed by atoms with E-state index >= 15 is 0 Å². The Hall–Kier alpha value is -0.890. The van der Waals surface area contributed by atoms with Gasteiger partial charge in [0.2, 0.25) is 16.0 Å². The fourth-order valence-electron chi connectivity index (χ4n) is 2.51. The molecule has 0 aromatic carbocycles. The Morgan fingerprint density at radius 2 is 2.05 bits per heavy atom. The molecule has 1 unspecified atom stereocenters. The molecule has 1 saturated carbocycles. The molecule has 20 heavy (non-hydrogen) atoms. The molecule has 2 rings (SSSR count). The Morgan fingerprint density at radius 3 is 2.50 bits per heavy atom. The van der Waals surface area contributed by atoms with Gasteiger partial charge in [0.25, 0.3) is 0 Å². The van der Waals surface area contributed by atoms with Crippen molar-refractivity contribution in [3.8, 4) is 0 Å². The van der Waals surface area contributed by atoms with E-state index in [1.54, 1.807) is 20.8 Å². The number of nitrogens with one attached hydrogen (secondary N) is 1. The van der Waals surface area contributed by atoms with Crippen molar-refractivity contribution in [3.05, 3.63) is 0 Å². The summed E-state index contributed by atoms with van der Waals surface area (Å²) in [6.07, 6.45) is 1.23.